The zero-order chi connectivity index (χ0) is 19.4. The molecule has 0 spiro atoms. The second kappa shape index (κ2) is 7.18. The van der Waals surface area contributed by atoms with Crippen molar-refractivity contribution in [3.05, 3.63) is 68.4 Å². The van der Waals surface area contributed by atoms with Gasteiger partial charge in [0.05, 0.1) is 13.1 Å². The molecule has 0 amide bonds. The highest BCUT2D eigenvalue weighted by atomic mass is 32.1. The van der Waals surface area contributed by atoms with E-state index in [1.165, 1.54) is 50.0 Å². The first-order chi connectivity index (χ1) is 14.3. The fourth-order valence-electron chi connectivity index (χ4n) is 4.99. The Balaban J connectivity index is 1.32. The quantitative estimate of drug-likeness (QED) is 0.608. The summed E-state index contributed by atoms with van der Waals surface area (Å²) >= 11 is 7.91. The SMILES string of the molecule is S=c1n(C[NH+]2CCc3sccc3[C@H]2C2CC2)nc(C2CC2)n1Cc1ccccc1. The van der Waals surface area contributed by atoms with Gasteiger partial charge in [-0.1, -0.05) is 30.3 Å². The Hall–Kier alpha value is -1.76. The molecule has 0 bridgehead atoms. The van der Waals surface area contributed by atoms with Crippen molar-refractivity contribution in [2.45, 2.75) is 57.3 Å². The van der Waals surface area contributed by atoms with Crippen molar-refractivity contribution in [1.29, 1.82) is 0 Å². The molecule has 150 valence electrons. The number of nitrogens with one attached hydrogen (secondary N) is 1. The maximum Gasteiger partial charge on any atom is 0.203 e. The molecule has 6 rings (SSSR count). The number of quaternary nitrogens is 1. The molecule has 0 radical (unpaired) electrons. The van der Waals surface area contributed by atoms with Gasteiger partial charge in [0.15, 0.2) is 6.67 Å². The summed E-state index contributed by atoms with van der Waals surface area (Å²) < 4.78 is 5.34. The van der Waals surface area contributed by atoms with Crippen molar-refractivity contribution < 1.29 is 4.90 Å². The Bertz CT molecular complexity index is 1070. The van der Waals surface area contributed by atoms with E-state index in [4.69, 9.17) is 17.3 Å². The maximum absolute atomic E-state index is 5.96. The highest BCUT2D eigenvalue weighted by Gasteiger charge is 2.43. The van der Waals surface area contributed by atoms with E-state index < -0.39 is 0 Å². The molecule has 0 saturated heterocycles. The van der Waals surface area contributed by atoms with Crippen molar-refractivity contribution in [2.24, 2.45) is 5.92 Å². The second-order valence-corrected chi connectivity index (χ2v) is 10.3. The van der Waals surface area contributed by atoms with Crippen molar-refractivity contribution in [1.82, 2.24) is 14.3 Å². The van der Waals surface area contributed by atoms with Gasteiger partial charge in [0, 0.05) is 28.7 Å². The van der Waals surface area contributed by atoms with Crippen LogP contribution in [-0.2, 0) is 19.6 Å². The summed E-state index contributed by atoms with van der Waals surface area (Å²) in [5.41, 5.74) is 2.91. The number of benzene rings is 1. The number of thiophene rings is 1. The molecule has 1 unspecified atom stereocenters. The lowest BCUT2D eigenvalue weighted by Gasteiger charge is -2.32. The van der Waals surface area contributed by atoms with Crippen molar-refractivity contribution in [3.8, 4) is 0 Å². The summed E-state index contributed by atoms with van der Waals surface area (Å²) in [5, 5.41) is 7.36. The molecular formula is C23H27N4S2+. The predicted molar refractivity (Wildman–Crippen MR) is 118 cm³/mol. The molecule has 1 aliphatic heterocycles. The smallest absolute Gasteiger partial charge is 0.203 e. The van der Waals surface area contributed by atoms with Gasteiger partial charge < -0.3 is 4.90 Å². The molecular weight excluding hydrogens is 396 g/mol. The lowest BCUT2D eigenvalue weighted by atomic mass is 9.96. The average molecular weight is 424 g/mol. The molecule has 3 aliphatic rings. The zero-order valence-electron chi connectivity index (χ0n) is 16.6. The molecule has 2 atom stereocenters. The molecule has 2 saturated carbocycles. The van der Waals surface area contributed by atoms with Gasteiger partial charge in [-0.25, -0.2) is 0 Å². The van der Waals surface area contributed by atoms with Crippen molar-refractivity contribution >= 4 is 23.6 Å². The number of aromatic nitrogens is 3. The minimum absolute atomic E-state index is 0.598. The molecule has 2 aliphatic carbocycles. The van der Waals surface area contributed by atoms with Crippen LogP contribution in [0.1, 0.15) is 59.5 Å². The highest BCUT2D eigenvalue weighted by Crippen LogP contribution is 2.43. The number of hydrogen-bond acceptors (Lipinski definition) is 3. The monoisotopic (exact) mass is 423 g/mol. The van der Waals surface area contributed by atoms with E-state index in [-0.39, 0.29) is 0 Å². The van der Waals surface area contributed by atoms with Gasteiger partial charge in [0.25, 0.3) is 0 Å². The summed E-state index contributed by atoms with van der Waals surface area (Å²) in [5.74, 6) is 2.65. The first kappa shape index (κ1) is 18.0. The number of rotatable bonds is 6. The predicted octanol–water partition coefficient (Wildman–Crippen LogP) is 3.95. The Morgan fingerprint density at radius 2 is 1.93 bits per heavy atom. The Labute approximate surface area is 180 Å². The van der Waals surface area contributed by atoms with Crippen LogP contribution in [0.25, 0.3) is 0 Å². The van der Waals surface area contributed by atoms with Crippen LogP contribution >= 0.6 is 23.6 Å². The Morgan fingerprint density at radius 1 is 1.10 bits per heavy atom. The Morgan fingerprint density at radius 3 is 2.69 bits per heavy atom. The van der Waals surface area contributed by atoms with E-state index >= 15 is 0 Å². The second-order valence-electron chi connectivity index (χ2n) is 8.92. The van der Waals surface area contributed by atoms with Crippen molar-refractivity contribution in [3.63, 3.8) is 0 Å². The Kier molecular flexibility index (Phi) is 4.47. The minimum atomic E-state index is 0.598. The topological polar surface area (TPSA) is 27.2 Å². The number of hydrogen-bond donors (Lipinski definition) is 1. The van der Waals surface area contributed by atoms with Crippen LogP contribution in [0, 0.1) is 10.7 Å². The lowest BCUT2D eigenvalue weighted by molar-refractivity contribution is -0.958. The largest absolute Gasteiger partial charge is 0.310 e. The standard InChI is InChI=1S/C23H26N4S2/c28-23-26(14-16-4-2-1-3-5-16)22(18-8-9-18)24-27(23)15-25-12-10-20-19(11-13-29-20)21(25)17-6-7-17/h1-5,11,13,17-18,21H,6-10,12,14-15H2/p+1/t21-/m1/s1. The third kappa shape index (κ3) is 3.41. The van der Waals surface area contributed by atoms with E-state index in [9.17, 15) is 0 Å². The fourth-order valence-corrected chi connectivity index (χ4v) is 6.18. The van der Waals surface area contributed by atoms with Gasteiger partial charge in [0.2, 0.25) is 4.77 Å². The molecule has 2 fully saturated rings. The van der Waals surface area contributed by atoms with E-state index in [1.54, 1.807) is 15.3 Å². The van der Waals surface area contributed by atoms with Gasteiger partial charge in [-0.2, -0.15) is 9.78 Å². The molecule has 3 aromatic rings. The summed E-state index contributed by atoms with van der Waals surface area (Å²) in [7, 11) is 0. The summed E-state index contributed by atoms with van der Waals surface area (Å²) in [6, 6.07) is 13.7. The fraction of sp³-hybridized carbons (Fsp3) is 0.478. The van der Waals surface area contributed by atoms with Crippen LogP contribution in [0.3, 0.4) is 0 Å². The first-order valence-electron chi connectivity index (χ1n) is 10.9. The lowest BCUT2D eigenvalue weighted by Crippen LogP contribution is -3.13. The van der Waals surface area contributed by atoms with Crippen LogP contribution < -0.4 is 4.90 Å². The van der Waals surface area contributed by atoms with Gasteiger partial charge >= 0.3 is 0 Å². The molecule has 1 aromatic carbocycles. The van der Waals surface area contributed by atoms with Gasteiger partial charge in [0.1, 0.15) is 11.9 Å². The van der Waals surface area contributed by atoms with E-state index in [0.717, 1.165) is 23.9 Å². The van der Waals surface area contributed by atoms with Gasteiger partial charge in [-0.3, -0.25) is 4.57 Å². The van der Waals surface area contributed by atoms with Crippen LogP contribution in [0.5, 0.6) is 0 Å². The maximum atomic E-state index is 5.96. The molecule has 1 N–H and O–H groups in total. The minimum Gasteiger partial charge on any atom is -0.310 e. The number of fused-ring (bicyclic) bond motifs is 1. The number of nitrogens with zero attached hydrogens (tertiary/aromatic N) is 3. The average Bonchev–Trinajstić information content (AvgIpc) is 3.67. The van der Waals surface area contributed by atoms with E-state index in [0.29, 0.717) is 12.0 Å². The summed E-state index contributed by atoms with van der Waals surface area (Å²) in [4.78, 5) is 3.27. The molecule has 2 aromatic heterocycles. The highest BCUT2D eigenvalue weighted by molar-refractivity contribution is 7.71. The zero-order valence-corrected chi connectivity index (χ0v) is 18.2. The van der Waals surface area contributed by atoms with Gasteiger partial charge in [-0.05, 0) is 54.9 Å². The van der Waals surface area contributed by atoms with Gasteiger partial charge in [-0.15, -0.1) is 11.3 Å². The normalized spacial score (nSPS) is 23.9. The van der Waals surface area contributed by atoms with Crippen LogP contribution in [0.2, 0.25) is 0 Å². The molecule has 29 heavy (non-hydrogen) atoms. The molecule has 3 heterocycles. The summed E-state index contributed by atoms with van der Waals surface area (Å²) in [6.07, 6.45) is 6.45. The van der Waals surface area contributed by atoms with Crippen LogP contribution in [0.4, 0.5) is 0 Å². The van der Waals surface area contributed by atoms with E-state index in [2.05, 4.69) is 51.0 Å². The van der Waals surface area contributed by atoms with Crippen LogP contribution in [0.15, 0.2) is 41.8 Å². The molecule has 6 heteroatoms. The van der Waals surface area contributed by atoms with Crippen LogP contribution in [-0.4, -0.2) is 20.9 Å². The third-order valence-corrected chi connectivity index (χ3v) is 8.18. The van der Waals surface area contributed by atoms with Crippen molar-refractivity contribution in [2.75, 3.05) is 6.54 Å². The summed E-state index contributed by atoms with van der Waals surface area (Å²) in [6.45, 7) is 2.93. The molecule has 4 nitrogen and oxygen atoms in total. The third-order valence-electron chi connectivity index (χ3n) is 6.75. The van der Waals surface area contributed by atoms with E-state index in [1.807, 2.05) is 11.3 Å². The first-order valence-corrected chi connectivity index (χ1v) is 12.2.